The average molecular weight is 252 g/mol. The van der Waals surface area contributed by atoms with Gasteiger partial charge >= 0.3 is 5.97 Å². The Morgan fingerprint density at radius 3 is 2.44 bits per heavy atom. The van der Waals surface area contributed by atoms with Gasteiger partial charge in [-0.3, -0.25) is 4.79 Å². The third-order valence-electron chi connectivity index (χ3n) is 2.60. The zero-order chi connectivity index (χ0) is 13.7. The number of methoxy groups -OCH3 is 1. The number of carboxylic acid groups (broad SMARTS) is 1. The Labute approximate surface area is 105 Å². The molecule has 0 saturated heterocycles. The number of carboxylic acids is 1. The molecular weight excluding hydrogens is 236 g/mol. The molecule has 0 saturated carbocycles. The van der Waals surface area contributed by atoms with Gasteiger partial charge in [0.15, 0.2) is 0 Å². The van der Waals surface area contributed by atoms with Crippen LogP contribution in [-0.2, 0) is 0 Å². The van der Waals surface area contributed by atoms with Crippen molar-refractivity contribution in [3.8, 4) is 5.88 Å². The van der Waals surface area contributed by atoms with Gasteiger partial charge in [0.1, 0.15) is 5.56 Å². The summed E-state index contributed by atoms with van der Waals surface area (Å²) in [5, 5.41) is 9.11. The summed E-state index contributed by atoms with van der Waals surface area (Å²) in [5.74, 6) is -1.53. The number of nitrogens with zero attached hydrogens (tertiary/aromatic N) is 2. The second-order valence-electron chi connectivity index (χ2n) is 3.53. The van der Waals surface area contributed by atoms with Crippen LogP contribution in [0.2, 0.25) is 0 Å². The Morgan fingerprint density at radius 2 is 2.00 bits per heavy atom. The van der Waals surface area contributed by atoms with Crippen LogP contribution in [0, 0.1) is 0 Å². The zero-order valence-electron chi connectivity index (χ0n) is 10.6. The van der Waals surface area contributed by atoms with Crippen molar-refractivity contribution in [1.82, 2.24) is 9.88 Å². The molecule has 6 nitrogen and oxygen atoms in total. The van der Waals surface area contributed by atoms with E-state index in [0.29, 0.717) is 13.1 Å². The number of aromatic carboxylic acids is 1. The molecule has 1 heterocycles. The first-order chi connectivity index (χ1) is 8.56. The maximum Gasteiger partial charge on any atom is 0.336 e. The summed E-state index contributed by atoms with van der Waals surface area (Å²) in [5.41, 5.74) is -0.102. The zero-order valence-corrected chi connectivity index (χ0v) is 10.6. The number of amides is 1. The van der Waals surface area contributed by atoms with Crippen LogP contribution >= 0.6 is 0 Å². The lowest BCUT2D eigenvalue weighted by Crippen LogP contribution is -2.32. The van der Waals surface area contributed by atoms with E-state index in [9.17, 15) is 9.59 Å². The van der Waals surface area contributed by atoms with Crippen LogP contribution in [-0.4, -0.2) is 47.1 Å². The van der Waals surface area contributed by atoms with Gasteiger partial charge in [-0.15, -0.1) is 0 Å². The topological polar surface area (TPSA) is 79.7 Å². The van der Waals surface area contributed by atoms with Crippen LogP contribution in [0.5, 0.6) is 5.88 Å². The molecule has 1 N–H and O–H groups in total. The van der Waals surface area contributed by atoms with Crippen LogP contribution in [0.25, 0.3) is 0 Å². The van der Waals surface area contributed by atoms with Crippen LogP contribution < -0.4 is 4.74 Å². The Morgan fingerprint density at radius 1 is 1.39 bits per heavy atom. The van der Waals surface area contributed by atoms with Crippen molar-refractivity contribution in [3.05, 3.63) is 23.4 Å². The fourth-order valence-electron chi connectivity index (χ4n) is 1.65. The van der Waals surface area contributed by atoms with Crippen molar-refractivity contribution in [2.45, 2.75) is 13.8 Å². The minimum Gasteiger partial charge on any atom is -0.480 e. The van der Waals surface area contributed by atoms with Gasteiger partial charge in [-0.25, -0.2) is 9.78 Å². The molecule has 0 unspecified atom stereocenters. The minimum atomic E-state index is -1.17. The number of carbonyl (C=O) groups is 2. The molecule has 0 atom stereocenters. The van der Waals surface area contributed by atoms with Crippen molar-refractivity contribution < 1.29 is 19.4 Å². The number of carbonyl (C=O) groups excluding carboxylic acids is 1. The predicted molar refractivity (Wildman–Crippen MR) is 65.0 cm³/mol. The van der Waals surface area contributed by atoms with E-state index in [1.54, 1.807) is 0 Å². The Hall–Kier alpha value is -2.11. The molecule has 1 aromatic heterocycles. The monoisotopic (exact) mass is 252 g/mol. The third-order valence-corrected chi connectivity index (χ3v) is 2.60. The summed E-state index contributed by atoms with van der Waals surface area (Å²) in [6, 6.07) is 1.29. The summed E-state index contributed by atoms with van der Waals surface area (Å²) in [4.78, 5) is 28.8. The van der Waals surface area contributed by atoms with Crippen molar-refractivity contribution in [3.63, 3.8) is 0 Å². The fourth-order valence-corrected chi connectivity index (χ4v) is 1.65. The van der Waals surface area contributed by atoms with Crippen molar-refractivity contribution in [1.29, 1.82) is 0 Å². The van der Waals surface area contributed by atoms with Crippen LogP contribution in [0.15, 0.2) is 12.3 Å². The Bertz CT molecular complexity index is 455. The normalized spacial score (nSPS) is 9.94. The van der Waals surface area contributed by atoms with E-state index in [2.05, 4.69) is 4.98 Å². The van der Waals surface area contributed by atoms with E-state index in [0.717, 1.165) is 0 Å². The predicted octanol–water partition coefficient (Wildman–Crippen LogP) is 1.27. The molecule has 0 aliphatic heterocycles. The number of ether oxygens (including phenoxy) is 1. The lowest BCUT2D eigenvalue weighted by Gasteiger charge is -2.20. The average Bonchev–Trinajstić information content (AvgIpc) is 2.38. The van der Waals surface area contributed by atoms with Gasteiger partial charge in [-0.2, -0.15) is 0 Å². The lowest BCUT2D eigenvalue weighted by atomic mass is 10.1. The highest BCUT2D eigenvalue weighted by molar-refractivity contribution is 6.06. The van der Waals surface area contributed by atoms with E-state index in [-0.39, 0.29) is 22.9 Å². The summed E-state index contributed by atoms with van der Waals surface area (Å²) in [6.45, 7) is 4.63. The van der Waals surface area contributed by atoms with Crippen LogP contribution in [0.3, 0.4) is 0 Å². The first-order valence-electron chi connectivity index (χ1n) is 5.62. The van der Waals surface area contributed by atoms with Gasteiger partial charge in [-0.1, -0.05) is 0 Å². The fraction of sp³-hybridized carbons (Fsp3) is 0.417. The molecule has 0 aliphatic carbocycles. The second kappa shape index (κ2) is 6.00. The van der Waals surface area contributed by atoms with Crippen molar-refractivity contribution >= 4 is 11.9 Å². The summed E-state index contributed by atoms with van der Waals surface area (Å²) in [7, 11) is 1.35. The standard InChI is InChI=1S/C12H16N2O4/c1-4-14(5-2)11(15)9-8(12(16)17)6-7-13-10(9)18-3/h6-7H,4-5H2,1-3H3,(H,16,17). The van der Waals surface area contributed by atoms with Crippen LogP contribution in [0.1, 0.15) is 34.6 Å². The van der Waals surface area contributed by atoms with E-state index in [4.69, 9.17) is 9.84 Å². The smallest absolute Gasteiger partial charge is 0.336 e. The Kier molecular flexibility index (Phi) is 4.65. The van der Waals surface area contributed by atoms with Gasteiger partial charge in [-0.05, 0) is 19.9 Å². The highest BCUT2D eigenvalue weighted by Gasteiger charge is 2.25. The van der Waals surface area contributed by atoms with Gasteiger partial charge in [0, 0.05) is 19.3 Å². The third kappa shape index (κ3) is 2.58. The maximum atomic E-state index is 12.3. The summed E-state index contributed by atoms with van der Waals surface area (Å²) in [6.07, 6.45) is 1.31. The highest BCUT2D eigenvalue weighted by atomic mass is 16.5. The molecule has 0 radical (unpaired) electrons. The molecule has 6 heteroatoms. The molecule has 1 aromatic rings. The highest BCUT2D eigenvalue weighted by Crippen LogP contribution is 2.21. The van der Waals surface area contributed by atoms with E-state index >= 15 is 0 Å². The molecule has 0 aromatic carbocycles. The quantitative estimate of drug-likeness (QED) is 0.853. The summed E-state index contributed by atoms with van der Waals surface area (Å²) >= 11 is 0. The first kappa shape index (κ1) is 14.0. The van der Waals surface area contributed by atoms with Gasteiger partial charge in [0.05, 0.1) is 12.7 Å². The van der Waals surface area contributed by atoms with Gasteiger partial charge in [0.2, 0.25) is 5.88 Å². The Balaban J connectivity index is 3.35. The lowest BCUT2D eigenvalue weighted by molar-refractivity contribution is 0.0675. The molecule has 1 amide bonds. The molecule has 0 spiro atoms. The number of hydrogen-bond acceptors (Lipinski definition) is 4. The molecule has 0 fully saturated rings. The first-order valence-corrected chi connectivity index (χ1v) is 5.62. The molecular formula is C12H16N2O4. The molecule has 98 valence electrons. The van der Waals surface area contributed by atoms with Crippen LogP contribution in [0.4, 0.5) is 0 Å². The number of hydrogen-bond donors (Lipinski definition) is 1. The van der Waals surface area contributed by atoms with E-state index in [1.807, 2.05) is 13.8 Å². The number of rotatable bonds is 5. The minimum absolute atomic E-state index is 0.00352. The van der Waals surface area contributed by atoms with Gasteiger partial charge in [0.25, 0.3) is 5.91 Å². The number of aromatic nitrogens is 1. The van der Waals surface area contributed by atoms with Crippen molar-refractivity contribution in [2.75, 3.05) is 20.2 Å². The largest absolute Gasteiger partial charge is 0.480 e. The SMILES string of the molecule is CCN(CC)C(=O)c1c(C(=O)O)ccnc1OC. The molecule has 18 heavy (non-hydrogen) atoms. The van der Waals surface area contributed by atoms with E-state index in [1.165, 1.54) is 24.3 Å². The maximum absolute atomic E-state index is 12.3. The van der Waals surface area contributed by atoms with Crippen molar-refractivity contribution in [2.24, 2.45) is 0 Å². The summed E-state index contributed by atoms with van der Waals surface area (Å²) < 4.78 is 4.97. The molecule has 1 rings (SSSR count). The second-order valence-corrected chi connectivity index (χ2v) is 3.53. The van der Waals surface area contributed by atoms with E-state index < -0.39 is 5.97 Å². The molecule has 0 aliphatic rings. The van der Waals surface area contributed by atoms with Gasteiger partial charge < -0.3 is 14.7 Å². The number of pyridine rings is 1. The molecule has 0 bridgehead atoms.